The van der Waals surface area contributed by atoms with E-state index in [0.29, 0.717) is 12.0 Å². The summed E-state index contributed by atoms with van der Waals surface area (Å²) in [6.07, 6.45) is 2.03. The van der Waals surface area contributed by atoms with Gasteiger partial charge in [0.2, 0.25) is 0 Å². The topological polar surface area (TPSA) is 63.6 Å². The molecule has 130 valence electrons. The minimum Gasteiger partial charge on any atom is -0.463 e. The van der Waals surface area contributed by atoms with Crippen LogP contribution in [0, 0.1) is 5.92 Å². The molecule has 0 bridgehead atoms. The van der Waals surface area contributed by atoms with E-state index in [2.05, 4.69) is 0 Å². The number of hydrogen-bond donors (Lipinski definition) is 1. The van der Waals surface area contributed by atoms with E-state index in [1.54, 1.807) is 37.3 Å². The van der Waals surface area contributed by atoms with Gasteiger partial charge in [-0.05, 0) is 18.9 Å². The molecule has 0 spiro atoms. The Morgan fingerprint density at radius 2 is 1.64 bits per heavy atom. The summed E-state index contributed by atoms with van der Waals surface area (Å²) in [5, 5.41) is 10.6. The van der Waals surface area contributed by atoms with Gasteiger partial charge in [0.15, 0.2) is 5.78 Å². The van der Waals surface area contributed by atoms with Crippen LogP contribution in [0.2, 0.25) is 0 Å². The molecule has 0 saturated carbocycles. The fourth-order valence-electron chi connectivity index (χ4n) is 2.53. The van der Waals surface area contributed by atoms with Crippen LogP contribution in [0.1, 0.15) is 22.8 Å². The molecule has 2 aromatic carbocycles. The van der Waals surface area contributed by atoms with Crippen molar-refractivity contribution in [3.05, 3.63) is 83.9 Å². The molecule has 0 aliphatic carbocycles. The zero-order valence-corrected chi connectivity index (χ0v) is 14.2. The standard InChI is InChI=1S/C21H22O4/c1-2-25-19(22)14-13-18(15-16-9-5-3-6-10-16)21(24)20(23)17-11-7-4-8-12-17/h3-14,18,21,24H,2,15H2,1H3/b14-13+/t18-,21+/m0/s1. The van der Waals surface area contributed by atoms with Gasteiger partial charge in [-0.25, -0.2) is 4.79 Å². The van der Waals surface area contributed by atoms with Crippen LogP contribution in [0.25, 0.3) is 0 Å². The van der Waals surface area contributed by atoms with Crippen LogP contribution in [0.5, 0.6) is 0 Å². The van der Waals surface area contributed by atoms with Crippen molar-refractivity contribution in [1.29, 1.82) is 0 Å². The van der Waals surface area contributed by atoms with Crippen LogP contribution in [-0.4, -0.2) is 29.6 Å². The van der Waals surface area contributed by atoms with Gasteiger partial charge < -0.3 is 9.84 Å². The first-order valence-corrected chi connectivity index (χ1v) is 8.28. The van der Waals surface area contributed by atoms with Gasteiger partial charge >= 0.3 is 5.97 Å². The van der Waals surface area contributed by atoms with Crippen LogP contribution in [-0.2, 0) is 16.0 Å². The van der Waals surface area contributed by atoms with Crippen LogP contribution in [0.4, 0.5) is 0 Å². The SMILES string of the molecule is CCOC(=O)/C=C/[C@@H](Cc1ccccc1)[C@@H](O)C(=O)c1ccccc1. The molecule has 2 aromatic rings. The molecule has 0 saturated heterocycles. The monoisotopic (exact) mass is 338 g/mol. The third-order valence-corrected chi connectivity index (χ3v) is 3.81. The molecule has 0 heterocycles. The summed E-state index contributed by atoms with van der Waals surface area (Å²) in [5.41, 5.74) is 1.42. The molecule has 0 unspecified atom stereocenters. The van der Waals surface area contributed by atoms with Gasteiger partial charge in [-0.1, -0.05) is 66.7 Å². The molecule has 0 aromatic heterocycles. The Bertz CT molecular complexity index is 707. The lowest BCUT2D eigenvalue weighted by Crippen LogP contribution is -2.30. The number of aliphatic hydroxyl groups is 1. The highest BCUT2D eigenvalue weighted by molar-refractivity contribution is 5.99. The van der Waals surface area contributed by atoms with Gasteiger partial charge in [0.05, 0.1) is 6.61 Å². The van der Waals surface area contributed by atoms with Crippen molar-refractivity contribution in [2.45, 2.75) is 19.4 Å². The molecule has 0 fully saturated rings. The fourth-order valence-corrected chi connectivity index (χ4v) is 2.53. The zero-order valence-electron chi connectivity index (χ0n) is 14.2. The summed E-state index contributed by atoms with van der Waals surface area (Å²) in [6.45, 7) is 2.00. The average Bonchev–Trinajstić information content (AvgIpc) is 2.65. The third-order valence-electron chi connectivity index (χ3n) is 3.81. The van der Waals surface area contributed by atoms with Crippen LogP contribution >= 0.6 is 0 Å². The number of rotatable bonds is 8. The summed E-state index contributed by atoms with van der Waals surface area (Å²) in [5.74, 6) is -1.38. The first-order chi connectivity index (χ1) is 12.1. The molecule has 0 radical (unpaired) electrons. The van der Waals surface area contributed by atoms with Gasteiger partial charge in [0.1, 0.15) is 6.10 Å². The highest BCUT2D eigenvalue weighted by atomic mass is 16.5. The first kappa shape index (κ1) is 18.6. The first-order valence-electron chi connectivity index (χ1n) is 8.28. The molecular formula is C21H22O4. The molecular weight excluding hydrogens is 316 g/mol. The lowest BCUT2D eigenvalue weighted by Gasteiger charge is -2.19. The molecule has 2 rings (SSSR count). The highest BCUT2D eigenvalue weighted by Gasteiger charge is 2.25. The summed E-state index contributed by atoms with van der Waals surface area (Å²) in [4.78, 5) is 24.1. The quantitative estimate of drug-likeness (QED) is 0.456. The second-order valence-electron chi connectivity index (χ2n) is 5.64. The molecule has 2 atom stereocenters. The van der Waals surface area contributed by atoms with E-state index in [1.165, 1.54) is 6.08 Å². The number of hydrogen-bond acceptors (Lipinski definition) is 4. The number of Topliss-reactive ketones (excluding diaryl/α,β-unsaturated/α-hetero) is 1. The lowest BCUT2D eigenvalue weighted by molar-refractivity contribution is -0.137. The maximum atomic E-state index is 12.5. The number of ether oxygens (including phenoxy) is 1. The number of carbonyl (C=O) groups is 2. The van der Waals surface area contributed by atoms with Crippen molar-refractivity contribution >= 4 is 11.8 Å². The van der Waals surface area contributed by atoms with Crippen LogP contribution in [0.3, 0.4) is 0 Å². The van der Waals surface area contributed by atoms with Crippen LogP contribution < -0.4 is 0 Å². The van der Waals surface area contributed by atoms with E-state index in [1.807, 2.05) is 36.4 Å². The summed E-state index contributed by atoms with van der Waals surface area (Å²) < 4.78 is 4.88. The third kappa shape index (κ3) is 5.69. The molecule has 4 heteroatoms. The second-order valence-corrected chi connectivity index (χ2v) is 5.64. The molecule has 1 N–H and O–H groups in total. The highest BCUT2D eigenvalue weighted by Crippen LogP contribution is 2.18. The zero-order chi connectivity index (χ0) is 18.1. The molecule has 0 amide bonds. The molecule has 0 aliphatic heterocycles. The van der Waals surface area contributed by atoms with Gasteiger partial charge in [0.25, 0.3) is 0 Å². The number of ketones is 1. The predicted molar refractivity (Wildman–Crippen MR) is 96.2 cm³/mol. The Morgan fingerprint density at radius 3 is 2.24 bits per heavy atom. The van der Waals surface area contributed by atoms with E-state index >= 15 is 0 Å². The van der Waals surface area contributed by atoms with Crippen molar-refractivity contribution in [2.75, 3.05) is 6.61 Å². The Labute approximate surface area is 147 Å². The largest absolute Gasteiger partial charge is 0.463 e. The smallest absolute Gasteiger partial charge is 0.330 e. The van der Waals surface area contributed by atoms with E-state index < -0.39 is 18.0 Å². The normalized spacial score (nSPS) is 13.4. The van der Waals surface area contributed by atoms with Gasteiger partial charge in [-0.15, -0.1) is 0 Å². The van der Waals surface area contributed by atoms with Gasteiger partial charge in [-0.2, -0.15) is 0 Å². The summed E-state index contributed by atoms with van der Waals surface area (Å²) >= 11 is 0. The number of benzene rings is 2. The fraction of sp³-hybridized carbons (Fsp3) is 0.238. The second kappa shape index (κ2) is 9.55. The Hall–Kier alpha value is -2.72. The van der Waals surface area contributed by atoms with Gasteiger partial charge in [0, 0.05) is 17.6 Å². The Morgan fingerprint density at radius 1 is 1.04 bits per heavy atom. The Balaban J connectivity index is 2.20. The minimum atomic E-state index is -1.24. The molecule has 4 nitrogen and oxygen atoms in total. The van der Waals surface area contributed by atoms with Crippen molar-refractivity contribution in [1.82, 2.24) is 0 Å². The maximum absolute atomic E-state index is 12.5. The molecule has 0 aliphatic rings. The predicted octanol–water partition coefficient (Wildman–Crippen LogP) is 3.21. The van der Waals surface area contributed by atoms with E-state index in [-0.39, 0.29) is 12.4 Å². The van der Waals surface area contributed by atoms with Crippen LogP contribution in [0.15, 0.2) is 72.8 Å². The van der Waals surface area contributed by atoms with Crippen molar-refractivity contribution < 1.29 is 19.4 Å². The van der Waals surface area contributed by atoms with Crippen molar-refractivity contribution in [2.24, 2.45) is 5.92 Å². The lowest BCUT2D eigenvalue weighted by atomic mass is 9.89. The van der Waals surface area contributed by atoms with Gasteiger partial charge in [-0.3, -0.25) is 4.79 Å². The maximum Gasteiger partial charge on any atom is 0.330 e. The van der Waals surface area contributed by atoms with E-state index in [4.69, 9.17) is 4.74 Å². The van der Waals surface area contributed by atoms with Crippen molar-refractivity contribution in [3.8, 4) is 0 Å². The van der Waals surface area contributed by atoms with Crippen molar-refractivity contribution in [3.63, 3.8) is 0 Å². The number of aliphatic hydroxyl groups excluding tert-OH is 1. The Kier molecular flexibility index (Phi) is 7.11. The average molecular weight is 338 g/mol. The van der Waals surface area contributed by atoms with E-state index in [9.17, 15) is 14.7 Å². The summed E-state index contributed by atoms with van der Waals surface area (Å²) in [6, 6.07) is 18.2. The summed E-state index contributed by atoms with van der Waals surface area (Å²) in [7, 11) is 0. The van der Waals surface area contributed by atoms with E-state index in [0.717, 1.165) is 5.56 Å². The number of esters is 1. The number of carbonyl (C=O) groups excluding carboxylic acids is 2. The minimum absolute atomic E-state index is 0.276. The molecule has 25 heavy (non-hydrogen) atoms.